The van der Waals surface area contributed by atoms with E-state index in [1.165, 1.54) is 9.75 Å². The molecular weight excluding hydrogens is 222 g/mol. The van der Waals surface area contributed by atoms with E-state index in [0.717, 1.165) is 6.54 Å². The normalized spacial score (nSPS) is 13.0. The second-order valence-electron chi connectivity index (χ2n) is 3.73. The van der Waals surface area contributed by atoms with Crippen LogP contribution >= 0.6 is 11.3 Å². The van der Waals surface area contributed by atoms with Gasteiger partial charge in [-0.3, -0.25) is 9.69 Å². The maximum atomic E-state index is 11.0. The van der Waals surface area contributed by atoms with E-state index < -0.39 is 0 Å². The number of nitrogens with zero attached hydrogens (tertiary/aromatic N) is 1. The van der Waals surface area contributed by atoms with Crippen molar-refractivity contribution in [2.24, 2.45) is 11.5 Å². The van der Waals surface area contributed by atoms with Crippen LogP contribution in [0.25, 0.3) is 0 Å². The van der Waals surface area contributed by atoms with Gasteiger partial charge in [0.05, 0.1) is 12.6 Å². The van der Waals surface area contributed by atoms with Gasteiger partial charge in [0.25, 0.3) is 0 Å². The van der Waals surface area contributed by atoms with Crippen molar-refractivity contribution in [3.05, 3.63) is 21.9 Å². The standard InChI is InChI=1S/C11H19N3OS/c1-3-14(7-11(13)15)9(6-12)10-5-4-8(2)16-10/h4-5,9H,3,6-7,12H2,1-2H3,(H2,13,15). The van der Waals surface area contributed by atoms with Gasteiger partial charge in [-0.2, -0.15) is 0 Å². The lowest BCUT2D eigenvalue weighted by molar-refractivity contribution is -0.119. The number of thiophene rings is 1. The van der Waals surface area contributed by atoms with Gasteiger partial charge in [-0.15, -0.1) is 11.3 Å². The molecule has 1 unspecified atom stereocenters. The van der Waals surface area contributed by atoms with Gasteiger partial charge in [0.2, 0.25) is 5.91 Å². The van der Waals surface area contributed by atoms with Gasteiger partial charge in [0.15, 0.2) is 0 Å². The van der Waals surface area contributed by atoms with Gasteiger partial charge >= 0.3 is 0 Å². The zero-order chi connectivity index (χ0) is 12.1. The van der Waals surface area contributed by atoms with Gasteiger partial charge in [-0.05, 0) is 25.6 Å². The lowest BCUT2D eigenvalue weighted by Gasteiger charge is -2.27. The summed E-state index contributed by atoms with van der Waals surface area (Å²) < 4.78 is 0. The van der Waals surface area contributed by atoms with Crippen LogP contribution in [0.2, 0.25) is 0 Å². The van der Waals surface area contributed by atoms with Crippen LogP contribution in [0.5, 0.6) is 0 Å². The molecule has 0 fully saturated rings. The minimum absolute atomic E-state index is 0.0937. The molecule has 0 aromatic carbocycles. The van der Waals surface area contributed by atoms with E-state index in [1.54, 1.807) is 11.3 Å². The maximum Gasteiger partial charge on any atom is 0.231 e. The number of carbonyl (C=O) groups excluding carboxylic acids is 1. The molecular formula is C11H19N3OS. The first-order chi connectivity index (χ1) is 7.58. The minimum atomic E-state index is -0.312. The Morgan fingerprint density at radius 3 is 2.62 bits per heavy atom. The van der Waals surface area contributed by atoms with Crippen molar-refractivity contribution >= 4 is 17.2 Å². The molecule has 16 heavy (non-hydrogen) atoms. The van der Waals surface area contributed by atoms with Crippen LogP contribution in [-0.4, -0.2) is 30.4 Å². The predicted octanol–water partition coefficient (Wildman–Crippen LogP) is 0.864. The maximum absolute atomic E-state index is 11.0. The van der Waals surface area contributed by atoms with Crippen molar-refractivity contribution in [2.45, 2.75) is 19.9 Å². The van der Waals surface area contributed by atoms with E-state index in [4.69, 9.17) is 11.5 Å². The highest BCUT2D eigenvalue weighted by atomic mass is 32.1. The Morgan fingerprint density at radius 1 is 1.56 bits per heavy atom. The van der Waals surface area contributed by atoms with Crippen LogP contribution in [0.3, 0.4) is 0 Å². The molecule has 0 radical (unpaired) electrons. The fourth-order valence-electron chi connectivity index (χ4n) is 1.72. The SMILES string of the molecule is CCN(CC(N)=O)C(CN)c1ccc(C)s1. The Kier molecular flexibility index (Phi) is 4.92. The first-order valence-corrected chi connectivity index (χ1v) is 6.18. The number of rotatable bonds is 6. The Hall–Kier alpha value is -0.910. The first-order valence-electron chi connectivity index (χ1n) is 5.37. The monoisotopic (exact) mass is 241 g/mol. The lowest BCUT2D eigenvalue weighted by Crippen LogP contribution is -2.39. The number of aryl methyl sites for hydroxylation is 1. The van der Waals surface area contributed by atoms with Crippen LogP contribution in [0.4, 0.5) is 0 Å². The highest BCUT2D eigenvalue weighted by Crippen LogP contribution is 2.26. The quantitative estimate of drug-likeness (QED) is 0.776. The van der Waals surface area contributed by atoms with Crippen LogP contribution in [-0.2, 0) is 4.79 Å². The van der Waals surface area contributed by atoms with Gasteiger partial charge in [0.1, 0.15) is 0 Å². The van der Waals surface area contributed by atoms with E-state index >= 15 is 0 Å². The largest absolute Gasteiger partial charge is 0.369 e. The third-order valence-corrected chi connectivity index (χ3v) is 3.62. The molecule has 0 saturated carbocycles. The lowest BCUT2D eigenvalue weighted by atomic mass is 10.2. The molecule has 0 aliphatic rings. The van der Waals surface area contributed by atoms with Gasteiger partial charge in [-0.1, -0.05) is 6.92 Å². The molecule has 0 spiro atoms. The fourth-order valence-corrected chi connectivity index (χ4v) is 2.75. The number of nitrogens with two attached hydrogens (primary N) is 2. The highest BCUT2D eigenvalue weighted by Gasteiger charge is 2.20. The number of primary amides is 1. The van der Waals surface area contributed by atoms with Crippen LogP contribution < -0.4 is 11.5 Å². The van der Waals surface area contributed by atoms with E-state index in [1.807, 2.05) is 11.8 Å². The summed E-state index contributed by atoms with van der Waals surface area (Å²) in [5, 5.41) is 0. The Labute approximate surface area is 100 Å². The van der Waals surface area contributed by atoms with Crippen molar-refractivity contribution in [1.82, 2.24) is 4.90 Å². The molecule has 90 valence electrons. The second-order valence-corrected chi connectivity index (χ2v) is 5.05. The first kappa shape index (κ1) is 13.2. The summed E-state index contributed by atoms with van der Waals surface area (Å²) in [7, 11) is 0. The number of hydrogen-bond acceptors (Lipinski definition) is 4. The number of likely N-dealkylation sites (N-methyl/N-ethyl adjacent to an activating group) is 1. The van der Waals surface area contributed by atoms with Crippen molar-refractivity contribution < 1.29 is 4.79 Å². The zero-order valence-corrected chi connectivity index (χ0v) is 10.6. The summed E-state index contributed by atoms with van der Waals surface area (Å²) >= 11 is 1.72. The molecule has 4 nitrogen and oxygen atoms in total. The molecule has 0 aliphatic carbocycles. The number of hydrogen-bond donors (Lipinski definition) is 2. The fraction of sp³-hybridized carbons (Fsp3) is 0.545. The van der Waals surface area contributed by atoms with Gasteiger partial charge in [0, 0.05) is 16.3 Å². The van der Waals surface area contributed by atoms with Crippen LogP contribution in [0, 0.1) is 6.92 Å². The topological polar surface area (TPSA) is 72.3 Å². The molecule has 1 aromatic rings. The Morgan fingerprint density at radius 2 is 2.25 bits per heavy atom. The summed E-state index contributed by atoms with van der Waals surface area (Å²) in [6.07, 6.45) is 0. The summed E-state index contributed by atoms with van der Waals surface area (Å²) in [6.45, 7) is 5.59. The molecule has 1 heterocycles. The van der Waals surface area contributed by atoms with Crippen molar-refractivity contribution in [2.75, 3.05) is 19.6 Å². The number of carbonyl (C=O) groups is 1. The molecule has 1 amide bonds. The molecule has 1 rings (SSSR count). The highest BCUT2D eigenvalue weighted by molar-refractivity contribution is 7.12. The van der Waals surface area contributed by atoms with Gasteiger partial charge in [-0.25, -0.2) is 0 Å². The van der Waals surface area contributed by atoms with Crippen LogP contribution in [0.15, 0.2) is 12.1 Å². The second kappa shape index (κ2) is 5.98. The van der Waals surface area contributed by atoms with Crippen LogP contribution in [0.1, 0.15) is 22.7 Å². The summed E-state index contributed by atoms with van der Waals surface area (Å²) in [4.78, 5) is 15.4. The average Bonchev–Trinajstić information content (AvgIpc) is 2.64. The third kappa shape index (κ3) is 3.30. The smallest absolute Gasteiger partial charge is 0.231 e. The van der Waals surface area contributed by atoms with Crippen molar-refractivity contribution in [3.8, 4) is 0 Å². The Bertz CT molecular complexity index is 351. The van der Waals surface area contributed by atoms with E-state index in [9.17, 15) is 4.79 Å². The molecule has 0 aliphatic heterocycles. The Balaban J connectivity index is 2.82. The molecule has 0 bridgehead atoms. The molecule has 5 heteroatoms. The van der Waals surface area contributed by atoms with E-state index in [2.05, 4.69) is 19.1 Å². The minimum Gasteiger partial charge on any atom is -0.369 e. The van der Waals surface area contributed by atoms with Gasteiger partial charge < -0.3 is 11.5 Å². The van der Waals surface area contributed by atoms with Crippen molar-refractivity contribution in [1.29, 1.82) is 0 Å². The molecule has 0 saturated heterocycles. The van der Waals surface area contributed by atoms with E-state index in [-0.39, 0.29) is 18.5 Å². The molecule has 1 aromatic heterocycles. The van der Waals surface area contributed by atoms with E-state index in [0.29, 0.717) is 6.54 Å². The third-order valence-electron chi connectivity index (χ3n) is 2.52. The summed E-state index contributed by atoms with van der Waals surface area (Å²) in [5.74, 6) is -0.312. The average molecular weight is 241 g/mol. The predicted molar refractivity (Wildman–Crippen MR) is 67.3 cm³/mol. The van der Waals surface area contributed by atoms with Crippen molar-refractivity contribution in [3.63, 3.8) is 0 Å². The molecule has 4 N–H and O–H groups in total. The zero-order valence-electron chi connectivity index (χ0n) is 9.77. The molecule has 1 atom stereocenters. The summed E-state index contributed by atoms with van der Waals surface area (Å²) in [6, 6.07) is 4.23. The summed E-state index contributed by atoms with van der Waals surface area (Å²) in [5.41, 5.74) is 11.0. The number of amides is 1.